The Morgan fingerprint density at radius 3 is 2.63 bits per heavy atom. The van der Waals surface area contributed by atoms with Crippen molar-refractivity contribution in [2.75, 3.05) is 31.8 Å². The molecule has 0 aromatic rings. The maximum atomic E-state index is 11.1. The van der Waals surface area contributed by atoms with Gasteiger partial charge >= 0.3 is 0 Å². The molecule has 1 spiro atoms. The van der Waals surface area contributed by atoms with Crippen molar-refractivity contribution in [3.05, 3.63) is 0 Å². The van der Waals surface area contributed by atoms with Crippen molar-refractivity contribution in [3.8, 4) is 0 Å². The molecule has 2 aliphatic heterocycles. The molecule has 0 aromatic heterocycles. The van der Waals surface area contributed by atoms with Gasteiger partial charge in [-0.25, -0.2) is 0 Å². The van der Waals surface area contributed by atoms with Gasteiger partial charge in [0.25, 0.3) is 0 Å². The van der Waals surface area contributed by atoms with Crippen LogP contribution in [0.2, 0.25) is 0 Å². The van der Waals surface area contributed by atoms with Crippen LogP contribution in [0.25, 0.3) is 0 Å². The fourth-order valence-corrected chi connectivity index (χ4v) is 5.17. The Bertz CT molecular complexity index is 307. The number of rotatable bonds is 4. The lowest BCUT2D eigenvalue weighted by molar-refractivity contribution is -0.167. The van der Waals surface area contributed by atoms with Crippen LogP contribution in [0.4, 0.5) is 0 Å². The molecule has 2 heterocycles. The highest BCUT2D eigenvalue weighted by Gasteiger charge is 2.53. The Kier molecular flexibility index (Phi) is 4.14. The third-order valence-corrected chi connectivity index (χ3v) is 6.25. The van der Waals surface area contributed by atoms with Gasteiger partial charge in [-0.3, -0.25) is 0 Å². The SMILES string of the molecule is COCC(O)(C1CC1)C1CCOC2(CCSCC2)C1. The smallest absolute Gasteiger partial charge is 0.0937 e. The highest BCUT2D eigenvalue weighted by Crippen LogP contribution is 2.50. The molecule has 1 N–H and O–H groups in total. The molecule has 2 atom stereocenters. The van der Waals surface area contributed by atoms with E-state index in [0.717, 1.165) is 32.3 Å². The van der Waals surface area contributed by atoms with Crippen molar-refractivity contribution in [2.45, 2.75) is 49.7 Å². The van der Waals surface area contributed by atoms with Crippen LogP contribution in [-0.4, -0.2) is 48.1 Å². The van der Waals surface area contributed by atoms with Crippen LogP contribution in [-0.2, 0) is 9.47 Å². The summed E-state index contributed by atoms with van der Waals surface area (Å²) in [6.45, 7) is 1.31. The lowest BCUT2D eigenvalue weighted by Crippen LogP contribution is -2.53. The number of hydrogen-bond donors (Lipinski definition) is 1. The first-order valence-corrected chi connectivity index (χ1v) is 8.77. The van der Waals surface area contributed by atoms with Gasteiger partial charge in [0.1, 0.15) is 0 Å². The summed E-state index contributed by atoms with van der Waals surface area (Å²) >= 11 is 2.03. The maximum Gasteiger partial charge on any atom is 0.0937 e. The second kappa shape index (κ2) is 5.55. The molecule has 0 amide bonds. The normalized spacial score (nSPS) is 34.1. The zero-order valence-electron chi connectivity index (χ0n) is 11.9. The quantitative estimate of drug-likeness (QED) is 0.861. The molecule has 110 valence electrons. The molecule has 19 heavy (non-hydrogen) atoms. The molecule has 0 bridgehead atoms. The van der Waals surface area contributed by atoms with Crippen molar-refractivity contribution in [2.24, 2.45) is 11.8 Å². The van der Waals surface area contributed by atoms with Gasteiger partial charge in [-0.2, -0.15) is 11.8 Å². The van der Waals surface area contributed by atoms with Gasteiger partial charge < -0.3 is 14.6 Å². The number of thioether (sulfide) groups is 1. The molecular formula is C15H26O3S. The lowest BCUT2D eigenvalue weighted by Gasteiger charge is -2.48. The van der Waals surface area contributed by atoms with E-state index in [0.29, 0.717) is 18.4 Å². The fourth-order valence-electron chi connectivity index (χ4n) is 3.93. The number of ether oxygens (including phenoxy) is 2. The summed E-state index contributed by atoms with van der Waals surface area (Å²) in [5.74, 6) is 3.24. The summed E-state index contributed by atoms with van der Waals surface area (Å²) in [5.41, 5.74) is -0.541. The third-order valence-electron chi connectivity index (χ3n) is 5.26. The highest BCUT2D eigenvalue weighted by atomic mass is 32.2. The van der Waals surface area contributed by atoms with E-state index in [9.17, 15) is 5.11 Å². The molecule has 4 heteroatoms. The Morgan fingerprint density at radius 1 is 1.26 bits per heavy atom. The van der Waals surface area contributed by atoms with Crippen molar-refractivity contribution in [3.63, 3.8) is 0 Å². The first kappa shape index (κ1) is 14.2. The molecule has 0 aromatic carbocycles. The van der Waals surface area contributed by atoms with E-state index in [1.807, 2.05) is 11.8 Å². The van der Waals surface area contributed by atoms with E-state index in [1.54, 1.807) is 7.11 Å². The van der Waals surface area contributed by atoms with Gasteiger partial charge in [-0.1, -0.05) is 0 Å². The van der Waals surface area contributed by atoms with E-state index >= 15 is 0 Å². The monoisotopic (exact) mass is 286 g/mol. The molecule has 3 fully saturated rings. The molecular weight excluding hydrogens is 260 g/mol. The Hall–Kier alpha value is 0.230. The van der Waals surface area contributed by atoms with Crippen molar-refractivity contribution in [1.82, 2.24) is 0 Å². The summed E-state index contributed by atoms with van der Waals surface area (Å²) in [6, 6.07) is 0. The molecule has 2 unspecified atom stereocenters. The summed E-state index contributed by atoms with van der Waals surface area (Å²) in [5, 5.41) is 11.1. The molecule has 3 nitrogen and oxygen atoms in total. The maximum absolute atomic E-state index is 11.1. The molecule has 0 radical (unpaired) electrons. The van der Waals surface area contributed by atoms with Gasteiger partial charge in [-0.15, -0.1) is 0 Å². The van der Waals surface area contributed by atoms with Crippen LogP contribution in [0.15, 0.2) is 0 Å². The number of methoxy groups -OCH3 is 1. The molecule has 3 rings (SSSR count). The Labute approximate surface area is 120 Å². The van der Waals surface area contributed by atoms with Crippen LogP contribution in [0.5, 0.6) is 0 Å². The van der Waals surface area contributed by atoms with Crippen LogP contribution in [0, 0.1) is 11.8 Å². The van der Waals surface area contributed by atoms with Gasteiger partial charge in [0.15, 0.2) is 0 Å². The van der Waals surface area contributed by atoms with E-state index < -0.39 is 5.60 Å². The predicted molar refractivity (Wildman–Crippen MR) is 77.5 cm³/mol. The second-order valence-corrected chi connectivity index (χ2v) is 7.76. The van der Waals surface area contributed by atoms with E-state index in [2.05, 4.69) is 0 Å². The van der Waals surface area contributed by atoms with E-state index in [-0.39, 0.29) is 5.60 Å². The Morgan fingerprint density at radius 2 is 2.00 bits per heavy atom. The van der Waals surface area contributed by atoms with Crippen molar-refractivity contribution < 1.29 is 14.6 Å². The van der Waals surface area contributed by atoms with Gasteiger partial charge in [0, 0.05) is 13.7 Å². The zero-order valence-corrected chi connectivity index (χ0v) is 12.7. The zero-order chi connectivity index (χ0) is 13.3. The van der Waals surface area contributed by atoms with Crippen molar-refractivity contribution in [1.29, 1.82) is 0 Å². The standard InChI is InChI=1S/C15H26O3S/c1-17-11-15(16,12-2-3-12)13-4-7-18-14(10-13)5-8-19-9-6-14/h12-13,16H,2-11H2,1H3. The largest absolute Gasteiger partial charge is 0.387 e. The third kappa shape index (κ3) is 2.82. The Balaban J connectivity index is 1.72. The minimum Gasteiger partial charge on any atom is -0.387 e. The van der Waals surface area contributed by atoms with Gasteiger partial charge in [0.05, 0.1) is 17.8 Å². The minimum atomic E-state index is -0.601. The summed E-state index contributed by atoms with van der Waals surface area (Å²) in [6.07, 6.45) is 6.67. The number of aliphatic hydroxyl groups is 1. The number of hydrogen-bond acceptors (Lipinski definition) is 4. The fraction of sp³-hybridized carbons (Fsp3) is 1.00. The molecule has 3 aliphatic rings. The molecule has 1 saturated carbocycles. The van der Waals surface area contributed by atoms with E-state index in [1.165, 1.54) is 24.3 Å². The minimum absolute atomic E-state index is 0.0603. The average Bonchev–Trinajstić information content (AvgIpc) is 3.24. The highest BCUT2D eigenvalue weighted by molar-refractivity contribution is 7.99. The topological polar surface area (TPSA) is 38.7 Å². The van der Waals surface area contributed by atoms with Crippen LogP contribution >= 0.6 is 11.8 Å². The van der Waals surface area contributed by atoms with E-state index in [4.69, 9.17) is 9.47 Å². The first-order chi connectivity index (χ1) is 9.19. The van der Waals surface area contributed by atoms with Crippen LogP contribution < -0.4 is 0 Å². The van der Waals surface area contributed by atoms with Crippen LogP contribution in [0.1, 0.15) is 38.5 Å². The van der Waals surface area contributed by atoms with Crippen LogP contribution in [0.3, 0.4) is 0 Å². The summed E-state index contributed by atoms with van der Waals surface area (Å²) < 4.78 is 11.5. The van der Waals surface area contributed by atoms with Gasteiger partial charge in [0.2, 0.25) is 0 Å². The first-order valence-electron chi connectivity index (χ1n) is 7.62. The molecule has 1 aliphatic carbocycles. The second-order valence-electron chi connectivity index (χ2n) is 6.53. The predicted octanol–water partition coefficient (Wildman–Crippen LogP) is 2.47. The van der Waals surface area contributed by atoms with Gasteiger partial charge in [-0.05, 0) is 61.9 Å². The summed E-state index contributed by atoms with van der Waals surface area (Å²) in [7, 11) is 1.71. The van der Waals surface area contributed by atoms with Crippen molar-refractivity contribution >= 4 is 11.8 Å². The summed E-state index contributed by atoms with van der Waals surface area (Å²) in [4.78, 5) is 0. The lowest BCUT2D eigenvalue weighted by atomic mass is 9.72. The average molecular weight is 286 g/mol. The molecule has 2 saturated heterocycles.